The summed E-state index contributed by atoms with van der Waals surface area (Å²) >= 11 is 0. The SMILES string of the molecule is CCCC(CC)NS(=O)(=O)c1ccc(C#N)cc1. The molecule has 18 heavy (non-hydrogen) atoms. The maximum atomic E-state index is 12.1. The Labute approximate surface area is 109 Å². The Balaban J connectivity index is 2.88. The van der Waals surface area contributed by atoms with E-state index in [9.17, 15) is 8.42 Å². The maximum Gasteiger partial charge on any atom is 0.240 e. The second kappa shape index (κ2) is 6.53. The molecule has 0 aliphatic carbocycles. The van der Waals surface area contributed by atoms with Crippen molar-refractivity contribution in [1.82, 2.24) is 4.72 Å². The van der Waals surface area contributed by atoms with Gasteiger partial charge in [0, 0.05) is 6.04 Å². The Hall–Kier alpha value is -1.38. The van der Waals surface area contributed by atoms with Crippen LogP contribution >= 0.6 is 0 Å². The molecule has 0 fully saturated rings. The fourth-order valence-electron chi connectivity index (χ4n) is 1.69. The fourth-order valence-corrected chi connectivity index (χ4v) is 3.04. The topological polar surface area (TPSA) is 70.0 Å². The predicted octanol–water partition coefficient (Wildman–Crippen LogP) is 2.42. The summed E-state index contributed by atoms with van der Waals surface area (Å²) in [5.74, 6) is 0. The summed E-state index contributed by atoms with van der Waals surface area (Å²) < 4.78 is 26.9. The van der Waals surface area contributed by atoms with E-state index in [1.54, 1.807) is 0 Å². The monoisotopic (exact) mass is 266 g/mol. The van der Waals surface area contributed by atoms with Crippen LogP contribution in [0.25, 0.3) is 0 Å². The first-order valence-electron chi connectivity index (χ1n) is 6.06. The molecule has 5 heteroatoms. The molecule has 1 aromatic carbocycles. The van der Waals surface area contributed by atoms with Crippen LogP contribution < -0.4 is 4.72 Å². The molecule has 0 saturated carbocycles. The predicted molar refractivity (Wildman–Crippen MR) is 70.5 cm³/mol. The second-order valence-corrected chi connectivity index (χ2v) is 5.87. The first-order chi connectivity index (χ1) is 8.53. The van der Waals surface area contributed by atoms with Gasteiger partial charge in [0.1, 0.15) is 0 Å². The van der Waals surface area contributed by atoms with Crippen LogP contribution in [0.4, 0.5) is 0 Å². The number of sulfonamides is 1. The van der Waals surface area contributed by atoms with Crippen molar-refractivity contribution in [3.8, 4) is 6.07 Å². The Bertz CT molecular complexity index is 515. The largest absolute Gasteiger partial charge is 0.240 e. The third-order valence-electron chi connectivity index (χ3n) is 2.75. The Morgan fingerprint density at radius 3 is 2.33 bits per heavy atom. The maximum absolute atomic E-state index is 12.1. The molecule has 0 spiro atoms. The summed E-state index contributed by atoms with van der Waals surface area (Å²) in [6.45, 7) is 3.99. The molecular weight excluding hydrogens is 248 g/mol. The Kier molecular flexibility index (Phi) is 5.32. The summed E-state index contributed by atoms with van der Waals surface area (Å²) in [5.41, 5.74) is 0.453. The van der Waals surface area contributed by atoms with Gasteiger partial charge in [-0.2, -0.15) is 5.26 Å². The number of benzene rings is 1. The minimum Gasteiger partial charge on any atom is -0.208 e. The zero-order valence-electron chi connectivity index (χ0n) is 10.7. The van der Waals surface area contributed by atoms with Crippen molar-refractivity contribution in [2.45, 2.75) is 44.0 Å². The molecule has 98 valence electrons. The zero-order chi connectivity index (χ0) is 13.6. The van der Waals surface area contributed by atoms with E-state index >= 15 is 0 Å². The fraction of sp³-hybridized carbons (Fsp3) is 0.462. The molecule has 0 radical (unpaired) electrons. The Morgan fingerprint density at radius 2 is 1.89 bits per heavy atom. The van der Waals surface area contributed by atoms with Crippen molar-refractivity contribution >= 4 is 10.0 Å². The molecule has 0 amide bonds. The molecule has 1 rings (SSSR count). The van der Waals surface area contributed by atoms with Gasteiger partial charge in [-0.3, -0.25) is 0 Å². The summed E-state index contributed by atoms with van der Waals surface area (Å²) in [6, 6.07) is 7.87. The molecule has 0 aliphatic heterocycles. The highest BCUT2D eigenvalue weighted by Gasteiger charge is 2.18. The number of nitriles is 1. The van der Waals surface area contributed by atoms with E-state index in [1.165, 1.54) is 24.3 Å². The first kappa shape index (κ1) is 14.7. The third-order valence-corrected chi connectivity index (χ3v) is 4.28. The van der Waals surface area contributed by atoms with Gasteiger partial charge in [-0.05, 0) is 37.1 Å². The number of rotatable bonds is 6. The molecule has 0 bridgehead atoms. The third kappa shape index (κ3) is 3.83. The molecule has 0 saturated heterocycles. The molecule has 0 aromatic heterocycles. The summed E-state index contributed by atoms with van der Waals surface area (Å²) in [5, 5.41) is 8.67. The van der Waals surface area contributed by atoms with Gasteiger partial charge in [0.15, 0.2) is 0 Å². The van der Waals surface area contributed by atoms with E-state index in [-0.39, 0.29) is 10.9 Å². The van der Waals surface area contributed by atoms with E-state index in [4.69, 9.17) is 5.26 Å². The summed E-state index contributed by atoms with van der Waals surface area (Å²) in [6.07, 6.45) is 2.53. The first-order valence-corrected chi connectivity index (χ1v) is 7.54. The lowest BCUT2D eigenvalue weighted by Gasteiger charge is -2.16. The normalized spacial score (nSPS) is 12.9. The number of hydrogen-bond acceptors (Lipinski definition) is 3. The van der Waals surface area contributed by atoms with Gasteiger partial charge in [0.25, 0.3) is 0 Å². The highest BCUT2D eigenvalue weighted by Crippen LogP contribution is 2.12. The van der Waals surface area contributed by atoms with Gasteiger partial charge in [0.05, 0.1) is 16.5 Å². The summed E-state index contributed by atoms with van der Waals surface area (Å²) in [7, 11) is -3.48. The van der Waals surface area contributed by atoms with Crippen molar-refractivity contribution in [1.29, 1.82) is 5.26 Å². The van der Waals surface area contributed by atoms with Crippen LogP contribution in [0.3, 0.4) is 0 Å². The quantitative estimate of drug-likeness (QED) is 0.859. The van der Waals surface area contributed by atoms with Gasteiger partial charge in [-0.1, -0.05) is 20.3 Å². The average molecular weight is 266 g/mol. The average Bonchev–Trinajstić information content (AvgIpc) is 2.38. The van der Waals surface area contributed by atoms with Crippen molar-refractivity contribution < 1.29 is 8.42 Å². The van der Waals surface area contributed by atoms with Crippen molar-refractivity contribution in [2.24, 2.45) is 0 Å². The highest BCUT2D eigenvalue weighted by atomic mass is 32.2. The van der Waals surface area contributed by atoms with Crippen molar-refractivity contribution in [3.63, 3.8) is 0 Å². The highest BCUT2D eigenvalue weighted by molar-refractivity contribution is 7.89. The molecule has 4 nitrogen and oxygen atoms in total. The van der Waals surface area contributed by atoms with Crippen LogP contribution in [0.15, 0.2) is 29.2 Å². The smallest absolute Gasteiger partial charge is 0.208 e. The number of nitrogens with zero attached hydrogens (tertiary/aromatic N) is 1. The molecule has 0 aliphatic rings. The standard InChI is InChI=1S/C13H18N2O2S/c1-3-5-12(4-2)15-18(16,17)13-8-6-11(10-14)7-9-13/h6-9,12,15H,3-5H2,1-2H3. The van der Waals surface area contributed by atoms with Crippen molar-refractivity contribution in [2.75, 3.05) is 0 Å². The van der Waals surface area contributed by atoms with Crippen LogP contribution in [0.2, 0.25) is 0 Å². The molecular formula is C13H18N2O2S. The van der Waals surface area contributed by atoms with E-state index < -0.39 is 10.0 Å². The molecule has 0 heterocycles. The van der Waals surface area contributed by atoms with Gasteiger partial charge in [0.2, 0.25) is 10.0 Å². The van der Waals surface area contributed by atoms with Crippen LogP contribution in [-0.4, -0.2) is 14.5 Å². The van der Waals surface area contributed by atoms with E-state index in [0.717, 1.165) is 19.3 Å². The van der Waals surface area contributed by atoms with Crippen LogP contribution in [0.5, 0.6) is 0 Å². The molecule has 1 N–H and O–H groups in total. The Morgan fingerprint density at radius 1 is 1.28 bits per heavy atom. The van der Waals surface area contributed by atoms with Crippen LogP contribution in [0, 0.1) is 11.3 Å². The van der Waals surface area contributed by atoms with Gasteiger partial charge >= 0.3 is 0 Å². The lowest BCUT2D eigenvalue weighted by molar-refractivity contribution is 0.512. The van der Waals surface area contributed by atoms with E-state index in [0.29, 0.717) is 5.56 Å². The number of nitrogens with one attached hydrogen (secondary N) is 1. The zero-order valence-corrected chi connectivity index (χ0v) is 11.5. The van der Waals surface area contributed by atoms with Gasteiger partial charge in [-0.15, -0.1) is 0 Å². The minimum absolute atomic E-state index is 0.0318. The minimum atomic E-state index is -3.48. The number of hydrogen-bond donors (Lipinski definition) is 1. The van der Waals surface area contributed by atoms with Gasteiger partial charge in [-0.25, -0.2) is 13.1 Å². The van der Waals surface area contributed by atoms with Crippen LogP contribution in [-0.2, 0) is 10.0 Å². The van der Waals surface area contributed by atoms with Crippen molar-refractivity contribution in [3.05, 3.63) is 29.8 Å². The van der Waals surface area contributed by atoms with Gasteiger partial charge < -0.3 is 0 Å². The molecule has 1 atom stereocenters. The second-order valence-electron chi connectivity index (χ2n) is 4.15. The molecule has 1 unspecified atom stereocenters. The van der Waals surface area contributed by atoms with E-state index in [2.05, 4.69) is 4.72 Å². The molecule has 1 aromatic rings. The van der Waals surface area contributed by atoms with Crippen LogP contribution in [0.1, 0.15) is 38.7 Å². The summed E-state index contributed by atoms with van der Waals surface area (Å²) in [4.78, 5) is 0.205. The lowest BCUT2D eigenvalue weighted by Crippen LogP contribution is -2.34. The lowest BCUT2D eigenvalue weighted by atomic mass is 10.1. The van der Waals surface area contributed by atoms with E-state index in [1.807, 2.05) is 19.9 Å².